The number of hydrogen-bond donors (Lipinski definition) is 0. The lowest BCUT2D eigenvalue weighted by Crippen LogP contribution is -2.35. The van der Waals surface area contributed by atoms with Gasteiger partial charge < -0.3 is 4.74 Å². The summed E-state index contributed by atoms with van der Waals surface area (Å²) in [6.45, 7) is 4.38. The van der Waals surface area contributed by atoms with Crippen LogP contribution >= 0.6 is 34.2 Å². The molecule has 3 nitrogen and oxygen atoms in total. The van der Waals surface area contributed by atoms with Crippen LogP contribution in [0.3, 0.4) is 0 Å². The molecule has 106 valence electrons. The van der Waals surface area contributed by atoms with Gasteiger partial charge in [0.15, 0.2) is 5.82 Å². The van der Waals surface area contributed by atoms with E-state index < -0.39 is 0 Å². The van der Waals surface area contributed by atoms with Crippen LogP contribution in [-0.2, 0) is 16.8 Å². The number of ether oxygens (including phenoxy) is 1. The van der Waals surface area contributed by atoms with Gasteiger partial charge in [-0.25, -0.2) is 9.97 Å². The molecule has 0 spiro atoms. The number of aryl methyl sites for hydroxylation is 1. The molecule has 19 heavy (non-hydrogen) atoms. The van der Waals surface area contributed by atoms with Gasteiger partial charge in [0.2, 0.25) is 0 Å². The van der Waals surface area contributed by atoms with Gasteiger partial charge in [-0.05, 0) is 60.6 Å². The summed E-state index contributed by atoms with van der Waals surface area (Å²) in [5.74, 6) is 1.53. The summed E-state index contributed by atoms with van der Waals surface area (Å²) < 4.78 is 6.78. The quantitative estimate of drug-likeness (QED) is 0.565. The molecule has 1 aromatic rings. The minimum atomic E-state index is -0.343. The third-order valence-electron chi connectivity index (χ3n) is 4.09. The van der Waals surface area contributed by atoms with E-state index in [-0.39, 0.29) is 5.60 Å². The summed E-state index contributed by atoms with van der Waals surface area (Å²) in [4.78, 5) is 9.21. The van der Waals surface area contributed by atoms with Gasteiger partial charge >= 0.3 is 0 Å². The Bertz CT molecular complexity index is 459. The highest BCUT2D eigenvalue weighted by atomic mass is 127. The first-order valence-corrected chi connectivity index (χ1v) is 8.25. The van der Waals surface area contributed by atoms with E-state index in [1.165, 1.54) is 0 Å². The van der Waals surface area contributed by atoms with E-state index in [4.69, 9.17) is 21.3 Å². The molecule has 0 radical (unpaired) electrons. The molecule has 0 aliphatic heterocycles. The van der Waals surface area contributed by atoms with Crippen LogP contribution in [-0.4, -0.2) is 17.1 Å². The Hall–Kier alpha value is 0.0600. The molecule has 1 saturated carbocycles. The number of rotatable bonds is 3. The predicted octanol–water partition coefficient (Wildman–Crippen LogP) is 4.35. The zero-order chi connectivity index (χ0) is 14.0. The second-order valence-corrected chi connectivity index (χ2v) is 6.77. The fourth-order valence-electron chi connectivity index (χ4n) is 2.65. The summed E-state index contributed by atoms with van der Waals surface area (Å²) in [7, 11) is 1.76. The van der Waals surface area contributed by atoms with E-state index >= 15 is 0 Å². The molecule has 0 atom stereocenters. The molecular formula is C14H20ClIN2O. The Morgan fingerprint density at radius 3 is 2.53 bits per heavy atom. The van der Waals surface area contributed by atoms with Crippen LogP contribution < -0.4 is 0 Å². The Balaban J connectivity index is 2.41. The molecule has 1 aliphatic rings. The average molecular weight is 395 g/mol. The van der Waals surface area contributed by atoms with Crippen LogP contribution in [0.2, 0.25) is 5.15 Å². The standard InChI is InChI=1S/C14H20ClIN2O/c1-4-10-11(16)12(15)18-13(17-10)14(19-3)7-5-9(2)6-8-14/h9H,4-8H2,1-3H3. The van der Waals surface area contributed by atoms with Gasteiger partial charge in [-0.3, -0.25) is 0 Å². The van der Waals surface area contributed by atoms with Gasteiger partial charge in [-0.2, -0.15) is 0 Å². The molecule has 2 rings (SSSR count). The Morgan fingerprint density at radius 2 is 2.00 bits per heavy atom. The number of aromatic nitrogens is 2. The van der Waals surface area contributed by atoms with Crippen molar-refractivity contribution in [3.63, 3.8) is 0 Å². The van der Waals surface area contributed by atoms with Crippen molar-refractivity contribution >= 4 is 34.2 Å². The normalized spacial score (nSPS) is 27.5. The van der Waals surface area contributed by atoms with Crippen molar-refractivity contribution in [2.24, 2.45) is 5.92 Å². The maximum Gasteiger partial charge on any atom is 0.162 e. The topological polar surface area (TPSA) is 35.0 Å². The molecule has 0 amide bonds. The number of nitrogens with zero attached hydrogens (tertiary/aromatic N) is 2. The summed E-state index contributed by atoms with van der Waals surface area (Å²) in [5.41, 5.74) is 0.676. The minimum absolute atomic E-state index is 0.343. The molecule has 0 saturated heterocycles. The van der Waals surface area contributed by atoms with Gasteiger partial charge in [0, 0.05) is 7.11 Å². The van der Waals surface area contributed by atoms with Crippen molar-refractivity contribution in [3.8, 4) is 0 Å². The largest absolute Gasteiger partial charge is 0.370 e. The first kappa shape index (κ1) is 15.4. The Morgan fingerprint density at radius 1 is 1.37 bits per heavy atom. The lowest BCUT2D eigenvalue weighted by atomic mass is 9.79. The van der Waals surface area contributed by atoms with Crippen LogP contribution in [0.4, 0.5) is 0 Å². The minimum Gasteiger partial charge on any atom is -0.370 e. The van der Waals surface area contributed by atoms with E-state index in [0.717, 1.165) is 53.1 Å². The van der Waals surface area contributed by atoms with E-state index in [0.29, 0.717) is 5.15 Å². The van der Waals surface area contributed by atoms with Crippen LogP contribution in [0.25, 0.3) is 0 Å². The lowest BCUT2D eigenvalue weighted by Gasteiger charge is -2.37. The molecule has 1 aliphatic carbocycles. The van der Waals surface area contributed by atoms with Gasteiger partial charge in [0.1, 0.15) is 10.8 Å². The molecule has 0 unspecified atom stereocenters. The van der Waals surface area contributed by atoms with Gasteiger partial charge in [-0.1, -0.05) is 25.4 Å². The van der Waals surface area contributed by atoms with Crippen LogP contribution in [0.1, 0.15) is 51.0 Å². The second kappa shape index (κ2) is 6.22. The number of methoxy groups -OCH3 is 1. The fourth-order valence-corrected chi connectivity index (χ4v) is 3.46. The number of halogens is 2. The van der Waals surface area contributed by atoms with Gasteiger partial charge in [0.25, 0.3) is 0 Å². The SMILES string of the molecule is CCc1nc(C2(OC)CCC(C)CC2)nc(Cl)c1I. The van der Waals surface area contributed by atoms with Crippen LogP contribution in [0, 0.1) is 9.49 Å². The van der Waals surface area contributed by atoms with Crippen molar-refractivity contribution in [1.29, 1.82) is 0 Å². The van der Waals surface area contributed by atoms with Gasteiger partial charge in [-0.15, -0.1) is 0 Å². The highest BCUT2D eigenvalue weighted by Gasteiger charge is 2.39. The third kappa shape index (κ3) is 3.05. The van der Waals surface area contributed by atoms with Crippen molar-refractivity contribution in [3.05, 3.63) is 20.2 Å². The molecule has 0 aromatic carbocycles. The molecule has 5 heteroatoms. The average Bonchev–Trinajstić information content (AvgIpc) is 2.43. The third-order valence-corrected chi connectivity index (χ3v) is 5.82. The van der Waals surface area contributed by atoms with Crippen molar-refractivity contribution < 1.29 is 4.74 Å². The molecule has 0 N–H and O–H groups in total. The molecule has 0 bridgehead atoms. The lowest BCUT2D eigenvalue weighted by molar-refractivity contribution is -0.0599. The van der Waals surface area contributed by atoms with Crippen LogP contribution in [0.15, 0.2) is 0 Å². The summed E-state index contributed by atoms with van der Waals surface area (Å²) in [6, 6.07) is 0. The van der Waals surface area contributed by atoms with E-state index in [9.17, 15) is 0 Å². The van der Waals surface area contributed by atoms with Crippen molar-refractivity contribution in [2.75, 3.05) is 7.11 Å². The first-order valence-electron chi connectivity index (χ1n) is 6.80. The Kier molecular flexibility index (Phi) is 5.06. The summed E-state index contributed by atoms with van der Waals surface area (Å²) in [6.07, 6.45) is 5.13. The zero-order valence-electron chi connectivity index (χ0n) is 11.7. The Labute approximate surface area is 133 Å². The maximum atomic E-state index is 6.25. The molecular weight excluding hydrogens is 375 g/mol. The predicted molar refractivity (Wildman–Crippen MR) is 85.5 cm³/mol. The monoisotopic (exact) mass is 394 g/mol. The summed E-state index contributed by atoms with van der Waals surface area (Å²) >= 11 is 8.47. The highest BCUT2D eigenvalue weighted by Crippen LogP contribution is 2.41. The van der Waals surface area contributed by atoms with E-state index in [2.05, 4.69) is 41.4 Å². The highest BCUT2D eigenvalue weighted by molar-refractivity contribution is 14.1. The second-order valence-electron chi connectivity index (χ2n) is 5.33. The van der Waals surface area contributed by atoms with E-state index in [1.54, 1.807) is 7.11 Å². The zero-order valence-corrected chi connectivity index (χ0v) is 14.6. The van der Waals surface area contributed by atoms with Crippen molar-refractivity contribution in [2.45, 2.75) is 51.6 Å². The molecule has 1 fully saturated rings. The van der Waals surface area contributed by atoms with Gasteiger partial charge in [0.05, 0.1) is 9.26 Å². The first-order chi connectivity index (χ1) is 9.02. The molecule has 1 heterocycles. The van der Waals surface area contributed by atoms with Crippen LogP contribution in [0.5, 0.6) is 0 Å². The maximum absolute atomic E-state index is 6.25. The van der Waals surface area contributed by atoms with Crippen molar-refractivity contribution in [1.82, 2.24) is 9.97 Å². The smallest absolute Gasteiger partial charge is 0.162 e. The summed E-state index contributed by atoms with van der Waals surface area (Å²) in [5, 5.41) is 0.553. The van der Waals surface area contributed by atoms with E-state index in [1.807, 2.05) is 0 Å². The number of hydrogen-bond acceptors (Lipinski definition) is 3. The fraction of sp³-hybridized carbons (Fsp3) is 0.714. The molecule has 1 aromatic heterocycles.